The number of aromatic nitrogens is 2. The summed E-state index contributed by atoms with van der Waals surface area (Å²) < 4.78 is 45.3. The van der Waals surface area contributed by atoms with Crippen molar-refractivity contribution >= 4 is 19.0 Å². The van der Waals surface area contributed by atoms with Gasteiger partial charge >= 0.3 is 7.47 Å². The van der Waals surface area contributed by atoms with E-state index in [1.54, 1.807) is 0 Å². The highest BCUT2D eigenvalue weighted by atomic mass is 19.2. The predicted octanol–water partition coefficient (Wildman–Crippen LogP) is 14.1. The molecule has 0 amide bonds. The number of hydrogen-bond acceptors (Lipinski definition) is 4. The van der Waals surface area contributed by atoms with Crippen LogP contribution in [-0.4, -0.2) is 36.4 Å². The number of fused-ring (bicyclic) bond motifs is 2. The van der Waals surface area contributed by atoms with Gasteiger partial charge in [-0.1, -0.05) is 116 Å². The SMILES string of the molecule is CCc1c2[nH]c(c1CC)C(=O)C=C(OB(F)F)c1[nH]c(c(CC)c1CC)C#Cc1ccc(cc1)OCCCCCCCCCCC=CCCCCCCCCOc1ccc(cc1)C#C2. The number of allylic oxidation sites excluding steroid dienone is 3. The smallest absolute Gasteiger partial charge is 0.503 e. The third-order valence-electron chi connectivity index (χ3n) is 11.9. The summed E-state index contributed by atoms with van der Waals surface area (Å²) in [7, 11) is -3.15. The van der Waals surface area contributed by atoms with Crippen LogP contribution in [0.15, 0.2) is 66.8 Å². The molecule has 2 aromatic carbocycles. The number of carbonyl (C=O) groups is 1. The lowest BCUT2D eigenvalue weighted by atomic mass is 10.00. The van der Waals surface area contributed by atoms with E-state index in [0.29, 0.717) is 61.7 Å². The van der Waals surface area contributed by atoms with Crippen LogP contribution < -0.4 is 9.47 Å². The zero-order chi connectivity index (χ0) is 45.4. The molecule has 3 aliphatic rings. The molecule has 0 saturated heterocycles. The third kappa shape index (κ3) is 15.7. The van der Waals surface area contributed by atoms with Gasteiger partial charge in [-0.2, -0.15) is 0 Å². The van der Waals surface area contributed by atoms with E-state index >= 15 is 0 Å². The van der Waals surface area contributed by atoms with Gasteiger partial charge in [0, 0.05) is 17.2 Å². The largest absolute Gasteiger partial charge is 0.796 e. The summed E-state index contributed by atoms with van der Waals surface area (Å²) in [5, 5.41) is 0. The van der Waals surface area contributed by atoms with Gasteiger partial charge < -0.3 is 24.1 Å². The van der Waals surface area contributed by atoms with Gasteiger partial charge in [0.05, 0.1) is 36.0 Å². The van der Waals surface area contributed by atoms with E-state index in [-0.39, 0.29) is 5.76 Å². The van der Waals surface area contributed by atoms with E-state index in [2.05, 4.69) is 45.8 Å². The van der Waals surface area contributed by atoms with E-state index in [1.165, 1.54) is 89.9 Å². The second kappa shape index (κ2) is 27.7. The molecule has 64 heavy (non-hydrogen) atoms. The van der Waals surface area contributed by atoms with Crippen LogP contribution in [0, 0.1) is 23.7 Å². The van der Waals surface area contributed by atoms with Gasteiger partial charge in [-0.3, -0.25) is 4.79 Å². The molecule has 0 radical (unpaired) electrons. The fraction of sp³-hybridized carbons (Fsp3) is 0.473. The quantitative estimate of drug-likeness (QED) is 0.115. The topological polar surface area (TPSA) is 76.3 Å². The van der Waals surface area contributed by atoms with Gasteiger partial charge in [-0.15, -0.1) is 0 Å². The molecule has 0 aliphatic carbocycles. The van der Waals surface area contributed by atoms with Crippen molar-refractivity contribution in [1.82, 2.24) is 9.97 Å². The summed E-state index contributed by atoms with van der Waals surface area (Å²) in [6.45, 7) is 9.32. The first-order valence-electron chi connectivity index (χ1n) is 24.2. The van der Waals surface area contributed by atoms with Crippen molar-refractivity contribution < 1.29 is 27.6 Å². The van der Waals surface area contributed by atoms with Gasteiger partial charge in [0.15, 0.2) is 0 Å². The molecular formula is C55H69BF2N2O4. The lowest BCUT2D eigenvalue weighted by Crippen LogP contribution is -2.09. The number of ketones is 1. The Morgan fingerprint density at radius 1 is 0.531 bits per heavy atom. The molecular weight excluding hydrogens is 801 g/mol. The Kier molecular flexibility index (Phi) is 21.5. The first-order valence-corrected chi connectivity index (χ1v) is 24.2. The molecule has 0 atom stereocenters. The van der Waals surface area contributed by atoms with Gasteiger partial charge in [0.2, 0.25) is 5.78 Å². The van der Waals surface area contributed by atoms with Crippen molar-refractivity contribution in [2.24, 2.45) is 0 Å². The van der Waals surface area contributed by atoms with Gasteiger partial charge in [-0.05, 0) is 147 Å². The Labute approximate surface area is 382 Å². The highest BCUT2D eigenvalue weighted by Crippen LogP contribution is 2.30. The normalized spacial score (nSPS) is 15.7. The van der Waals surface area contributed by atoms with Crippen LogP contribution in [0.3, 0.4) is 0 Å². The summed E-state index contributed by atoms with van der Waals surface area (Å²) in [5.41, 5.74) is 6.89. The first kappa shape index (κ1) is 49.6. The number of rotatable bonds is 6. The molecule has 0 unspecified atom stereocenters. The van der Waals surface area contributed by atoms with Crippen LogP contribution in [0.5, 0.6) is 11.5 Å². The summed E-state index contributed by atoms with van der Waals surface area (Å²) >= 11 is 0. The second-order valence-electron chi connectivity index (χ2n) is 16.6. The molecule has 6 nitrogen and oxygen atoms in total. The lowest BCUT2D eigenvalue weighted by molar-refractivity contribution is 0.104. The molecule has 0 fully saturated rings. The van der Waals surface area contributed by atoms with Crippen molar-refractivity contribution in [3.63, 3.8) is 0 Å². The Hall–Kier alpha value is -5.41. The fourth-order valence-electron chi connectivity index (χ4n) is 8.45. The van der Waals surface area contributed by atoms with Crippen molar-refractivity contribution in [3.05, 3.63) is 123 Å². The van der Waals surface area contributed by atoms with Crippen LogP contribution in [0.2, 0.25) is 0 Å². The van der Waals surface area contributed by atoms with Gasteiger partial charge in [0.25, 0.3) is 0 Å². The van der Waals surface area contributed by atoms with E-state index in [0.717, 1.165) is 63.8 Å². The highest BCUT2D eigenvalue weighted by Gasteiger charge is 2.27. The molecule has 2 aromatic heterocycles. The fourth-order valence-corrected chi connectivity index (χ4v) is 8.45. The Bertz CT molecular complexity index is 2230. The zero-order valence-electron chi connectivity index (χ0n) is 38.9. The monoisotopic (exact) mass is 871 g/mol. The molecule has 7 rings (SSSR count). The van der Waals surface area contributed by atoms with Crippen LogP contribution in [0.1, 0.15) is 191 Å². The van der Waals surface area contributed by atoms with E-state index in [1.807, 2.05) is 76.2 Å². The second-order valence-corrected chi connectivity index (χ2v) is 16.6. The van der Waals surface area contributed by atoms with Crippen LogP contribution in [0.4, 0.5) is 8.63 Å². The molecule has 3 aliphatic heterocycles. The number of carbonyl (C=O) groups excluding carboxylic acids is 1. The molecule has 4 aromatic rings. The van der Waals surface area contributed by atoms with Gasteiger partial charge in [-0.25, -0.2) is 8.63 Å². The van der Waals surface area contributed by atoms with Crippen LogP contribution in [0.25, 0.3) is 5.76 Å². The number of H-pyrrole nitrogens is 2. The number of aromatic amines is 2. The lowest BCUT2D eigenvalue weighted by Gasteiger charge is -2.10. The summed E-state index contributed by atoms with van der Waals surface area (Å²) in [4.78, 5) is 20.6. The highest BCUT2D eigenvalue weighted by molar-refractivity contribution is 6.36. The summed E-state index contributed by atoms with van der Waals surface area (Å²) in [5.74, 6) is 13.9. The molecule has 8 bridgehead atoms. The van der Waals surface area contributed by atoms with Crippen molar-refractivity contribution in [3.8, 4) is 35.2 Å². The average molecular weight is 871 g/mol. The maximum atomic E-state index is 14.1. The minimum Gasteiger partial charge on any atom is -0.503 e. The van der Waals surface area contributed by atoms with E-state index < -0.39 is 13.3 Å². The van der Waals surface area contributed by atoms with Gasteiger partial charge in [0.1, 0.15) is 17.3 Å². The Balaban J connectivity index is 1.36. The molecule has 9 heteroatoms. The van der Waals surface area contributed by atoms with E-state index in [9.17, 15) is 13.4 Å². The Morgan fingerprint density at radius 2 is 0.922 bits per heavy atom. The molecule has 5 heterocycles. The molecule has 0 spiro atoms. The number of hydrogen-bond donors (Lipinski definition) is 2. The maximum absolute atomic E-state index is 14.1. The predicted molar refractivity (Wildman–Crippen MR) is 259 cm³/mol. The number of benzene rings is 2. The summed E-state index contributed by atoms with van der Waals surface area (Å²) in [6, 6.07) is 15.5. The molecule has 0 saturated carbocycles. The Morgan fingerprint density at radius 3 is 1.34 bits per heavy atom. The molecule has 2 N–H and O–H groups in total. The number of ether oxygens (including phenoxy) is 2. The van der Waals surface area contributed by atoms with Crippen LogP contribution >= 0.6 is 0 Å². The summed E-state index contributed by atoms with van der Waals surface area (Å²) in [6.07, 6.45) is 27.8. The van der Waals surface area contributed by atoms with Crippen molar-refractivity contribution in [2.75, 3.05) is 13.2 Å². The standard InChI is InChI=1S/C55H69BF2N2O4/c1-5-46-48(7-3)54-52(61)41-53(64-56(57)58)55-49(8-4)47(6-2)51(60-55)38-32-43-29-35-45(36-30-43)63-40-26-24-22-20-18-16-14-12-10-9-11-13-15-17-19-21-23-25-39-62-44-33-27-42(28-34-44)31-37-50(46)59-54/h9,11,27-30,33-36,41,59-60H,5-8,10,12-26,39-40H2,1-4H3. The maximum Gasteiger partial charge on any atom is 0.796 e. The van der Waals surface area contributed by atoms with E-state index in [4.69, 9.17) is 14.1 Å². The number of halogens is 2. The van der Waals surface area contributed by atoms with Crippen molar-refractivity contribution in [1.29, 1.82) is 0 Å². The molecule has 340 valence electrons. The third-order valence-corrected chi connectivity index (χ3v) is 11.9. The zero-order valence-corrected chi connectivity index (χ0v) is 38.9. The van der Waals surface area contributed by atoms with Crippen LogP contribution in [-0.2, 0) is 30.3 Å². The minimum atomic E-state index is -3.15. The number of nitrogens with one attached hydrogen (secondary N) is 2. The average Bonchev–Trinajstić information content (AvgIpc) is 3.86. The first-order chi connectivity index (χ1) is 31.3. The van der Waals surface area contributed by atoms with Crippen molar-refractivity contribution in [2.45, 2.75) is 156 Å². The minimum absolute atomic E-state index is 0.232.